The van der Waals surface area contributed by atoms with Crippen LogP contribution in [0.25, 0.3) is 0 Å². The molecule has 0 amide bonds. The number of para-hydroxylation sites is 1. The maximum Gasteiger partial charge on any atom is 0.142 e. The molecular weight excluding hydrogens is 246 g/mol. The summed E-state index contributed by atoms with van der Waals surface area (Å²) in [6.07, 6.45) is 0. The smallest absolute Gasteiger partial charge is 0.142 e. The van der Waals surface area contributed by atoms with E-state index in [1.54, 1.807) is 7.11 Å². The molecule has 18 heavy (non-hydrogen) atoms. The van der Waals surface area contributed by atoms with Crippen LogP contribution in [0.1, 0.15) is 11.1 Å². The first-order valence-electron chi connectivity index (χ1n) is 5.68. The molecule has 2 N–H and O–H groups in total. The predicted octanol–water partition coefficient (Wildman–Crippen LogP) is 2.68. The highest BCUT2D eigenvalue weighted by Gasteiger charge is 2.13. The Morgan fingerprint density at radius 1 is 1.39 bits per heavy atom. The van der Waals surface area contributed by atoms with E-state index in [1.807, 2.05) is 32.2 Å². The second-order valence-corrected chi connectivity index (χ2v) is 4.92. The summed E-state index contributed by atoms with van der Waals surface area (Å²) in [6, 6.07) is 8.02. The summed E-state index contributed by atoms with van der Waals surface area (Å²) in [5, 5.41) is 1.10. The zero-order valence-electron chi connectivity index (χ0n) is 10.8. The van der Waals surface area contributed by atoms with Crippen LogP contribution < -0.4 is 15.4 Å². The number of nitrogen functional groups attached to an aromatic ring is 1. The fourth-order valence-corrected chi connectivity index (χ4v) is 2.62. The summed E-state index contributed by atoms with van der Waals surface area (Å²) >= 11 is 1.43. The van der Waals surface area contributed by atoms with Gasteiger partial charge in [0.05, 0.1) is 7.11 Å². The lowest BCUT2D eigenvalue weighted by Gasteiger charge is -2.19. The molecule has 2 aromatic rings. The molecule has 2 rings (SSSR count). The molecule has 0 aliphatic rings. The van der Waals surface area contributed by atoms with Gasteiger partial charge in [-0.25, -0.2) is 0 Å². The molecule has 0 unspecified atom stereocenters. The lowest BCUT2D eigenvalue weighted by Crippen LogP contribution is -2.16. The van der Waals surface area contributed by atoms with E-state index in [0.29, 0.717) is 5.82 Å². The zero-order valence-corrected chi connectivity index (χ0v) is 11.6. The van der Waals surface area contributed by atoms with E-state index in [-0.39, 0.29) is 0 Å². The summed E-state index contributed by atoms with van der Waals surface area (Å²) < 4.78 is 9.52. The molecule has 0 fully saturated rings. The van der Waals surface area contributed by atoms with Crippen molar-refractivity contribution in [2.24, 2.45) is 0 Å². The minimum atomic E-state index is 0.613. The van der Waals surface area contributed by atoms with Crippen molar-refractivity contribution in [2.45, 2.75) is 13.5 Å². The van der Waals surface area contributed by atoms with Gasteiger partial charge in [0.15, 0.2) is 0 Å². The molecule has 0 spiro atoms. The van der Waals surface area contributed by atoms with E-state index in [1.165, 1.54) is 11.5 Å². The Morgan fingerprint density at radius 2 is 2.11 bits per heavy atom. The Labute approximate surface area is 111 Å². The van der Waals surface area contributed by atoms with Gasteiger partial charge in [-0.2, -0.15) is 4.37 Å². The average molecular weight is 263 g/mol. The summed E-state index contributed by atoms with van der Waals surface area (Å²) in [6.45, 7) is 2.76. The minimum absolute atomic E-state index is 0.613. The Bertz CT molecular complexity index is 539. The van der Waals surface area contributed by atoms with E-state index in [2.05, 4.69) is 15.3 Å². The molecule has 0 bridgehead atoms. The van der Waals surface area contributed by atoms with Crippen molar-refractivity contribution >= 4 is 22.4 Å². The molecule has 96 valence electrons. The Morgan fingerprint density at radius 3 is 2.72 bits per heavy atom. The second kappa shape index (κ2) is 5.27. The highest BCUT2D eigenvalue weighted by molar-refractivity contribution is 7.10. The molecule has 0 saturated carbocycles. The normalized spacial score (nSPS) is 10.4. The highest BCUT2D eigenvalue weighted by atomic mass is 32.1. The van der Waals surface area contributed by atoms with Crippen LogP contribution in [0, 0.1) is 6.92 Å². The molecule has 1 aromatic carbocycles. The number of anilines is 2. The van der Waals surface area contributed by atoms with Crippen LogP contribution in [0.4, 0.5) is 10.8 Å². The number of benzene rings is 1. The third kappa shape index (κ3) is 2.41. The van der Waals surface area contributed by atoms with Gasteiger partial charge in [0.2, 0.25) is 0 Å². The van der Waals surface area contributed by atoms with Crippen LogP contribution in [-0.2, 0) is 6.54 Å². The number of hydrogen-bond donors (Lipinski definition) is 1. The molecule has 5 heteroatoms. The molecule has 0 atom stereocenters. The van der Waals surface area contributed by atoms with Crippen LogP contribution in [0.3, 0.4) is 0 Å². The molecule has 0 aliphatic carbocycles. The summed E-state index contributed by atoms with van der Waals surface area (Å²) in [7, 11) is 3.72. The van der Waals surface area contributed by atoms with Gasteiger partial charge in [0.25, 0.3) is 0 Å². The number of rotatable bonds is 4. The van der Waals surface area contributed by atoms with E-state index in [9.17, 15) is 0 Å². The Hall–Kier alpha value is -1.75. The number of hydrogen-bond acceptors (Lipinski definition) is 5. The van der Waals surface area contributed by atoms with Crippen molar-refractivity contribution in [3.05, 3.63) is 35.4 Å². The largest absolute Gasteiger partial charge is 0.496 e. The van der Waals surface area contributed by atoms with E-state index in [4.69, 9.17) is 10.5 Å². The number of aromatic nitrogens is 1. The van der Waals surface area contributed by atoms with Crippen molar-refractivity contribution < 1.29 is 4.74 Å². The molecular formula is C13H17N3OS. The number of methoxy groups -OCH3 is 1. The van der Waals surface area contributed by atoms with Crippen molar-refractivity contribution in [3.63, 3.8) is 0 Å². The first-order chi connectivity index (χ1) is 8.63. The van der Waals surface area contributed by atoms with Gasteiger partial charge in [-0.1, -0.05) is 18.2 Å². The third-order valence-corrected chi connectivity index (χ3v) is 3.96. The number of nitrogens with zero attached hydrogens (tertiary/aromatic N) is 2. The van der Waals surface area contributed by atoms with Gasteiger partial charge in [0.1, 0.15) is 16.6 Å². The molecule has 4 nitrogen and oxygen atoms in total. The maximum atomic E-state index is 5.78. The first kappa shape index (κ1) is 12.7. The summed E-state index contributed by atoms with van der Waals surface area (Å²) in [4.78, 5) is 2.14. The SMILES string of the molecule is COc1ccccc1CN(C)c1snc(N)c1C. The first-order valence-corrected chi connectivity index (χ1v) is 6.45. The van der Waals surface area contributed by atoms with Crippen LogP contribution in [0.15, 0.2) is 24.3 Å². The van der Waals surface area contributed by atoms with Crippen molar-refractivity contribution in [1.82, 2.24) is 4.37 Å². The van der Waals surface area contributed by atoms with Crippen LogP contribution in [-0.4, -0.2) is 18.5 Å². The predicted molar refractivity (Wildman–Crippen MR) is 76.4 cm³/mol. The fourth-order valence-electron chi connectivity index (χ4n) is 1.86. The highest BCUT2D eigenvalue weighted by Crippen LogP contribution is 2.30. The monoisotopic (exact) mass is 263 g/mol. The summed E-state index contributed by atoms with van der Waals surface area (Å²) in [5.41, 5.74) is 7.96. The van der Waals surface area contributed by atoms with Gasteiger partial charge in [-0.05, 0) is 24.5 Å². The van der Waals surface area contributed by atoms with Crippen LogP contribution >= 0.6 is 11.5 Å². The van der Waals surface area contributed by atoms with Crippen molar-refractivity contribution in [3.8, 4) is 5.75 Å². The maximum absolute atomic E-state index is 5.78. The summed E-state index contributed by atoms with van der Waals surface area (Å²) in [5.74, 6) is 1.52. The second-order valence-electron chi connectivity index (χ2n) is 4.17. The lowest BCUT2D eigenvalue weighted by atomic mass is 10.2. The van der Waals surface area contributed by atoms with Gasteiger partial charge >= 0.3 is 0 Å². The number of nitrogens with two attached hydrogens (primary N) is 1. The van der Waals surface area contributed by atoms with E-state index >= 15 is 0 Å². The number of ether oxygens (including phenoxy) is 1. The lowest BCUT2D eigenvalue weighted by molar-refractivity contribution is 0.409. The topological polar surface area (TPSA) is 51.4 Å². The van der Waals surface area contributed by atoms with Crippen LogP contribution in [0.5, 0.6) is 5.75 Å². The molecule has 0 radical (unpaired) electrons. The Balaban J connectivity index is 2.21. The fraction of sp³-hybridized carbons (Fsp3) is 0.308. The minimum Gasteiger partial charge on any atom is -0.496 e. The van der Waals surface area contributed by atoms with Gasteiger partial charge in [0, 0.05) is 24.7 Å². The van der Waals surface area contributed by atoms with Gasteiger partial charge in [-0.15, -0.1) is 0 Å². The zero-order chi connectivity index (χ0) is 13.1. The molecule has 1 aromatic heterocycles. The average Bonchev–Trinajstić information content (AvgIpc) is 2.71. The molecule has 1 heterocycles. The van der Waals surface area contributed by atoms with Crippen molar-refractivity contribution in [1.29, 1.82) is 0 Å². The van der Waals surface area contributed by atoms with Crippen molar-refractivity contribution in [2.75, 3.05) is 24.8 Å². The van der Waals surface area contributed by atoms with Gasteiger partial charge < -0.3 is 15.4 Å². The standard InChI is InChI=1S/C13H17N3OS/c1-9-12(14)15-18-13(9)16(2)8-10-6-4-5-7-11(10)17-3/h4-7H,8H2,1-3H3,(H2,14,15). The quantitative estimate of drug-likeness (QED) is 0.921. The van der Waals surface area contributed by atoms with E-state index in [0.717, 1.165) is 28.4 Å². The molecule has 0 saturated heterocycles. The van der Waals surface area contributed by atoms with Crippen LogP contribution in [0.2, 0.25) is 0 Å². The van der Waals surface area contributed by atoms with Gasteiger partial charge in [-0.3, -0.25) is 0 Å². The van der Waals surface area contributed by atoms with E-state index < -0.39 is 0 Å². The Kier molecular flexibility index (Phi) is 3.72. The third-order valence-electron chi connectivity index (χ3n) is 2.88. The molecule has 0 aliphatic heterocycles.